The fourth-order valence-corrected chi connectivity index (χ4v) is 5.11. The number of aryl methyl sites for hydroxylation is 1. The minimum Gasteiger partial charge on any atom is -0.382 e. The standard InChI is InChI=1S/C27H35N7O/c1-4-35-13-5-11-28-26-9-6-20(16-30-26)24-10-12-29-27(32-24)31-21-7-8-25(19(2)14-21)34-18-22-15-23(34)17-33(22)3/h6-10,12,14,16,22-23H,4-5,11,13,15,17-18H2,1-3H3,(H,28,30)(H,29,31,32)/t22-,23-/m0/s1. The molecule has 2 N–H and O–H groups in total. The summed E-state index contributed by atoms with van der Waals surface area (Å²) in [5.41, 5.74) is 5.40. The second-order valence-corrected chi connectivity index (χ2v) is 9.44. The van der Waals surface area contributed by atoms with Gasteiger partial charge in [-0.1, -0.05) is 0 Å². The number of hydrogen-bond acceptors (Lipinski definition) is 8. The molecule has 2 aliphatic rings. The predicted octanol–water partition coefficient (Wildman–Crippen LogP) is 4.32. The Hall–Kier alpha value is -3.23. The summed E-state index contributed by atoms with van der Waals surface area (Å²) < 4.78 is 5.37. The van der Waals surface area contributed by atoms with Crippen molar-refractivity contribution in [1.29, 1.82) is 0 Å². The van der Waals surface area contributed by atoms with E-state index in [1.807, 2.05) is 31.3 Å². The molecule has 4 heterocycles. The van der Waals surface area contributed by atoms with Gasteiger partial charge in [0.1, 0.15) is 5.82 Å². The van der Waals surface area contributed by atoms with E-state index in [1.165, 1.54) is 17.7 Å². The Labute approximate surface area is 207 Å². The SMILES string of the molecule is CCOCCCNc1ccc(-c2ccnc(Nc3ccc(N4C[C@@H]5C[C@H]4CN5C)c(C)c3)n2)cn1. The van der Waals surface area contributed by atoms with Gasteiger partial charge in [0, 0.05) is 74.3 Å². The molecular formula is C27H35N7O. The van der Waals surface area contributed by atoms with E-state index in [1.54, 1.807) is 6.20 Å². The van der Waals surface area contributed by atoms with Crippen molar-refractivity contribution < 1.29 is 4.74 Å². The van der Waals surface area contributed by atoms with Crippen LogP contribution < -0.4 is 15.5 Å². The van der Waals surface area contributed by atoms with Crippen molar-refractivity contribution in [3.63, 3.8) is 0 Å². The Morgan fingerprint density at radius 3 is 2.71 bits per heavy atom. The second-order valence-electron chi connectivity index (χ2n) is 9.44. The third kappa shape index (κ3) is 5.39. The molecule has 8 nitrogen and oxygen atoms in total. The molecule has 2 fully saturated rings. The van der Waals surface area contributed by atoms with Gasteiger partial charge < -0.3 is 20.3 Å². The van der Waals surface area contributed by atoms with Crippen LogP contribution >= 0.6 is 0 Å². The average molecular weight is 474 g/mol. The molecule has 0 aliphatic carbocycles. The van der Waals surface area contributed by atoms with Crippen LogP contribution in [0.4, 0.5) is 23.1 Å². The molecule has 1 aromatic carbocycles. The van der Waals surface area contributed by atoms with E-state index < -0.39 is 0 Å². The lowest BCUT2D eigenvalue weighted by atomic mass is 10.1. The third-order valence-corrected chi connectivity index (χ3v) is 6.97. The molecule has 5 rings (SSSR count). The number of fused-ring (bicyclic) bond motifs is 2. The first kappa shape index (κ1) is 23.5. The first-order valence-electron chi connectivity index (χ1n) is 12.6. The molecule has 0 spiro atoms. The Kier molecular flexibility index (Phi) is 7.11. The van der Waals surface area contributed by atoms with Crippen LogP contribution in [-0.2, 0) is 4.74 Å². The van der Waals surface area contributed by atoms with Gasteiger partial charge in [-0.25, -0.2) is 15.0 Å². The molecule has 0 unspecified atom stereocenters. The van der Waals surface area contributed by atoms with Crippen LogP contribution in [0.5, 0.6) is 0 Å². The number of rotatable bonds is 10. The van der Waals surface area contributed by atoms with E-state index in [0.29, 0.717) is 18.0 Å². The van der Waals surface area contributed by atoms with Gasteiger partial charge in [-0.15, -0.1) is 0 Å². The van der Waals surface area contributed by atoms with Gasteiger partial charge in [-0.3, -0.25) is 4.90 Å². The molecule has 3 aromatic rings. The van der Waals surface area contributed by atoms with Crippen molar-refractivity contribution >= 4 is 23.1 Å². The van der Waals surface area contributed by atoms with Crippen LogP contribution in [0.15, 0.2) is 48.8 Å². The van der Waals surface area contributed by atoms with Crippen LogP contribution in [0, 0.1) is 6.92 Å². The lowest BCUT2D eigenvalue weighted by Crippen LogP contribution is -2.44. The number of nitrogens with one attached hydrogen (secondary N) is 2. The molecule has 8 heteroatoms. The van der Waals surface area contributed by atoms with Gasteiger partial charge in [0.15, 0.2) is 0 Å². The van der Waals surface area contributed by atoms with Crippen molar-refractivity contribution in [3.8, 4) is 11.3 Å². The van der Waals surface area contributed by atoms with Gasteiger partial charge in [-0.2, -0.15) is 0 Å². The van der Waals surface area contributed by atoms with Gasteiger partial charge >= 0.3 is 0 Å². The van der Waals surface area contributed by atoms with Crippen molar-refractivity contribution in [2.75, 3.05) is 55.4 Å². The zero-order valence-electron chi connectivity index (χ0n) is 20.9. The first-order valence-corrected chi connectivity index (χ1v) is 12.6. The van der Waals surface area contributed by atoms with Gasteiger partial charge in [0.25, 0.3) is 0 Å². The highest BCUT2D eigenvalue weighted by atomic mass is 16.5. The highest BCUT2D eigenvalue weighted by Gasteiger charge is 2.41. The monoisotopic (exact) mass is 473 g/mol. The van der Waals surface area contributed by atoms with E-state index >= 15 is 0 Å². The molecule has 184 valence electrons. The maximum atomic E-state index is 5.37. The lowest BCUT2D eigenvalue weighted by molar-refractivity contribution is 0.147. The number of likely N-dealkylation sites (N-methyl/N-ethyl adjacent to an activating group) is 1. The summed E-state index contributed by atoms with van der Waals surface area (Å²) in [6.45, 7) is 8.83. The lowest BCUT2D eigenvalue weighted by Gasteiger charge is -2.34. The quantitative estimate of drug-likeness (QED) is 0.422. The molecule has 0 radical (unpaired) electrons. The Morgan fingerprint density at radius 2 is 2.00 bits per heavy atom. The van der Waals surface area contributed by atoms with Crippen LogP contribution in [0.25, 0.3) is 11.3 Å². The van der Waals surface area contributed by atoms with E-state index in [-0.39, 0.29) is 0 Å². The Morgan fingerprint density at radius 1 is 1.09 bits per heavy atom. The minimum absolute atomic E-state index is 0.578. The van der Waals surface area contributed by atoms with Crippen LogP contribution in [0.3, 0.4) is 0 Å². The smallest absolute Gasteiger partial charge is 0.227 e. The Bertz CT molecular complexity index is 1130. The largest absolute Gasteiger partial charge is 0.382 e. The van der Waals surface area contributed by atoms with Crippen LogP contribution in [-0.4, -0.2) is 71.8 Å². The van der Waals surface area contributed by atoms with E-state index in [2.05, 4.69) is 62.6 Å². The summed E-state index contributed by atoms with van der Waals surface area (Å²) in [6.07, 6.45) is 5.85. The van der Waals surface area contributed by atoms with Crippen LogP contribution in [0.2, 0.25) is 0 Å². The Balaban J connectivity index is 1.21. The molecule has 2 aromatic heterocycles. The number of benzene rings is 1. The van der Waals surface area contributed by atoms with Crippen molar-refractivity contribution in [2.24, 2.45) is 0 Å². The van der Waals surface area contributed by atoms with E-state index in [0.717, 1.165) is 62.0 Å². The molecule has 2 bridgehead atoms. The number of piperazine rings is 1. The summed E-state index contributed by atoms with van der Waals surface area (Å²) in [5.74, 6) is 1.43. The molecule has 2 aliphatic heterocycles. The highest BCUT2D eigenvalue weighted by molar-refractivity contribution is 5.66. The molecule has 2 atom stereocenters. The van der Waals surface area contributed by atoms with Crippen LogP contribution in [0.1, 0.15) is 25.3 Å². The number of nitrogens with zero attached hydrogens (tertiary/aromatic N) is 5. The average Bonchev–Trinajstić information content (AvgIpc) is 3.44. The third-order valence-electron chi connectivity index (χ3n) is 6.97. The maximum Gasteiger partial charge on any atom is 0.227 e. The molecular weight excluding hydrogens is 438 g/mol. The molecule has 0 saturated carbocycles. The molecule has 2 saturated heterocycles. The highest BCUT2D eigenvalue weighted by Crippen LogP contribution is 2.36. The number of ether oxygens (including phenoxy) is 1. The van der Waals surface area contributed by atoms with Crippen molar-refractivity contribution in [1.82, 2.24) is 19.9 Å². The van der Waals surface area contributed by atoms with Gasteiger partial charge in [0.2, 0.25) is 5.95 Å². The number of likely N-dealkylation sites (tertiary alicyclic amines) is 1. The fourth-order valence-electron chi connectivity index (χ4n) is 5.11. The summed E-state index contributed by atoms with van der Waals surface area (Å²) >= 11 is 0. The van der Waals surface area contributed by atoms with Crippen molar-refractivity contribution in [3.05, 3.63) is 54.4 Å². The zero-order chi connectivity index (χ0) is 24.2. The van der Waals surface area contributed by atoms with E-state index in [9.17, 15) is 0 Å². The predicted molar refractivity (Wildman–Crippen MR) is 141 cm³/mol. The molecule has 35 heavy (non-hydrogen) atoms. The zero-order valence-corrected chi connectivity index (χ0v) is 20.9. The first-order chi connectivity index (χ1) is 17.1. The van der Waals surface area contributed by atoms with E-state index in [4.69, 9.17) is 9.72 Å². The molecule has 0 amide bonds. The topological polar surface area (TPSA) is 78.4 Å². The minimum atomic E-state index is 0.578. The summed E-state index contributed by atoms with van der Waals surface area (Å²) in [5, 5.41) is 6.70. The maximum absolute atomic E-state index is 5.37. The number of anilines is 4. The number of aromatic nitrogens is 3. The summed E-state index contributed by atoms with van der Waals surface area (Å²) in [7, 11) is 2.24. The summed E-state index contributed by atoms with van der Waals surface area (Å²) in [4.78, 5) is 18.7. The van der Waals surface area contributed by atoms with Crippen molar-refractivity contribution in [2.45, 2.75) is 38.8 Å². The normalized spacial score (nSPS) is 19.3. The number of pyridine rings is 1. The second kappa shape index (κ2) is 10.6. The van der Waals surface area contributed by atoms with Gasteiger partial charge in [-0.05, 0) is 75.7 Å². The summed E-state index contributed by atoms with van der Waals surface area (Å²) in [6, 6.07) is 13.8. The van der Waals surface area contributed by atoms with Gasteiger partial charge in [0.05, 0.1) is 5.69 Å². The number of hydrogen-bond donors (Lipinski definition) is 2. The fraction of sp³-hybridized carbons (Fsp3) is 0.444.